The third-order valence-electron chi connectivity index (χ3n) is 3.18. The number of hydrogen-bond donors (Lipinski definition) is 4. The zero-order chi connectivity index (χ0) is 10.6. The maximum Gasteiger partial charge on any atom is 0.00488 e. The molecular weight excluding hydrogens is 248 g/mol. The second-order valence-corrected chi connectivity index (χ2v) is 6.37. The van der Waals surface area contributed by atoms with Crippen molar-refractivity contribution in [2.45, 2.75) is 36.2 Å². The number of rotatable bonds is 4. The highest BCUT2D eigenvalue weighted by atomic mass is 32.1. The molecule has 0 aromatic carbocycles. The van der Waals surface area contributed by atoms with Crippen molar-refractivity contribution in [3.8, 4) is 0 Å². The summed E-state index contributed by atoms with van der Waals surface area (Å²) < 4.78 is 0. The topological polar surface area (TPSA) is 0 Å². The average molecular weight is 269 g/mol. The van der Waals surface area contributed by atoms with E-state index in [1.807, 2.05) is 0 Å². The smallest absolute Gasteiger partial charge is 0.00488 e. The standard InChI is InChI=1S/C10H20S4/c11-3-1-7-5-10(14)8(2-4-12)6-9(7)13/h7-14H,1-6H2. The van der Waals surface area contributed by atoms with E-state index in [9.17, 15) is 0 Å². The molecular formula is C10H20S4. The molecule has 0 aromatic rings. The largest absolute Gasteiger partial charge is 0.179 e. The normalized spacial score (nSPS) is 38.6. The molecule has 84 valence electrons. The van der Waals surface area contributed by atoms with Crippen LogP contribution in [0.4, 0.5) is 0 Å². The van der Waals surface area contributed by atoms with Crippen molar-refractivity contribution < 1.29 is 0 Å². The van der Waals surface area contributed by atoms with Gasteiger partial charge in [-0.15, -0.1) is 0 Å². The Morgan fingerprint density at radius 3 is 1.43 bits per heavy atom. The van der Waals surface area contributed by atoms with Gasteiger partial charge in [0.15, 0.2) is 0 Å². The van der Waals surface area contributed by atoms with Crippen molar-refractivity contribution in [1.82, 2.24) is 0 Å². The molecule has 1 aliphatic rings. The third kappa shape index (κ3) is 3.76. The zero-order valence-corrected chi connectivity index (χ0v) is 11.9. The lowest BCUT2D eigenvalue weighted by atomic mass is 9.79. The van der Waals surface area contributed by atoms with Crippen molar-refractivity contribution in [3.63, 3.8) is 0 Å². The Kier molecular flexibility index (Phi) is 6.61. The van der Waals surface area contributed by atoms with Gasteiger partial charge in [-0.2, -0.15) is 50.5 Å². The Labute approximate surface area is 110 Å². The van der Waals surface area contributed by atoms with E-state index in [2.05, 4.69) is 25.3 Å². The van der Waals surface area contributed by atoms with Gasteiger partial charge in [0, 0.05) is 10.5 Å². The molecule has 1 fully saturated rings. The summed E-state index contributed by atoms with van der Waals surface area (Å²) in [5.41, 5.74) is 0. The summed E-state index contributed by atoms with van der Waals surface area (Å²) in [6.45, 7) is 0. The van der Waals surface area contributed by atoms with Crippen LogP contribution in [0.1, 0.15) is 25.7 Å². The van der Waals surface area contributed by atoms with Crippen molar-refractivity contribution in [3.05, 3.63) is 0 Å². The Morgan fingerprint density at radius 2 is 1.14 bits per heavy atom. The summed E-state index contributed by atoms with van der Waals surface area (Å²) in [6.07, 6.45) is 4.77. The van der Waals surface area contributed by atoms with Crippen LogP contribution >= 0.6 is 50.5 Å². The Bertz CT molecular complexity index is 144. The lowest BCUT2D eigenvalue weighted by molar-refractivity contribution is 0.288. The van der Waals surface area contributed by atoms with Gasteiger partial charge in [0.2, 0.25) is 0 Å². The molecule has 1 aliphatic carbocycles. The average Bonchev–Trinajstić information content (AvgIpc) is 2.14. The first kappa shape index (κ1) is 13.5. The fourth-order valence-corrected chi connectivity index (χ4v) is 4.02. The fraction of sp³-hybridized carbons (Fsp3) is 1.00. The monoisotopic (exact) mass is 268 g/mol. The lowest BCUT2D eigenvalue weighted by Crippen LogP contribution is -2.33. The highest BCUT2D eigenvalue weighted by molar-refractivity contribution is 7.81. The van der Waals surface area contributed by atoms with Crippen LogP contribution in [0.25, 0.3) is 0 Å². The minimum atomic E-state index is 0.551. The summed E-state index contributed by atoms with van der Waals surface area (Å²) in [5, 5.41) is 1.10. The Hall–Kier alpha value is 1.40. The molecule has 4 atom stereocenters. The summed E-state index contributed by atoms with van der Waals surface area (Å²) in [4.78, 5) is 0. The van der Waals surface area contributed by atoms with Crippen molar-refractivity contribution >= 4 is 50.5 Å². The van der Waals surface area contributed by atoms with E-state index in [0.29, 0.717) is 10.5 Å². The van der Waals surface area contributed by atoms with Gasteiger partial charge in [-0.05, 0) is 49.0 Å². The molecule has 0 amide bonds. The van der Waals surface area contributed by atoms with E-state index in [1.165, 1.54) is 25.7 Å². The van der Waals surface area contributed by atoms with E-state index >= 15 is 0 Å². The quantitative estimate of drug-likeness (QED) is 0.553. The van der Waals surface area contributed by atoms with Crippen LogP contribution < -0.4 is 0 Å². The predicted octanol–water partition coefficient (Wildman–Crippen LogP) is 3.25. The highest BCUT2D eigenvalue weighted by Crippen LogP contribution is 2.38. The second-order valence-electron chi connectivity index (χ2n) is 4.15. The van der Waals surface area contributed by atoms with Crippen molar-refractivity contribution in [2.75, 3.05) is 11.5 Å². The van der Waals surface area contributed by atoms with E-state index in [0.717, 1.165) is 23.3 Å². The molecule has 0 spiro atoms. The van der Waals surface area contributed by atoms with Gasteiger partial charge in [0.1, 0.15) is 0 Å². The maximum atomic E-state index is 4.69. The Morgan fingerprint density at radius 1 is 0.786 bits per heavy atom. The number of thiol groups is 4. The second kappa shape index (κ2) is 6.87. The first-order valence-electron chi connectivity index (χ1n) is 5.27. The van der Waals surface area contributed by atoms with Crippen LogP contribution in [-0.4, -0.2) is 22.0 Å². The molecule has 0 N–H and O–H groups in total. The van der Waals surface area contributed by atoms with Gasteiger partial charge in [0.05, 0.1) is 0 Å². The molecule has 1 rings (SSSR count). The number of hydrogen-bond acceptors (Lipinski definition) is 4. The van der Waals surface area contributed by atoms with Crippen molar-refractivity contribution in [2.24, 2.45) is 11.8 Å². The van der Waals surface area contributed by atoms with Crippen LogP contribution in [-0.2, 0) is 0 Å². The molecule has 4 unspecified atom stereocenters. The molecule has 0 aromatic heterocycles. The first-order chi connectivity index (χ1) is 6.69. The van der Waals surface area contributed by atoms with E-state index in [1.54, 1.807) is 0 Å². The maximum absolute atomic E-state index is 4.69. The first-order valence-corrected chi connectivity index (χ1v) is 7.56. The van der Waals surface area contributed by atoms with Gasteiger partial charge in [-0.1, -0.05) is 0 Å². The van der Waals surface area contributed by atoms with E-state index in [4.69, 9.17) is 25.3 Å². The minimum absolute atomic E-state index is 0.551. The van der Waals surface area contributed by atoms with Gasteiger partial charge >= 0.3 is 0 Å². The molecule has 0 nitrogen and oxygen atoms in total. The lowest BCUT2D eigenvalue weighted by Gasteiger charge is -2.37. The molecule has 0 radical (unpaired) electrons. The SMILES string of the molecule is SCCC1CC(S)C(CCS)CC1S. The molecule has 0 aliphatic heterocycles. The molecule has 0 bridgehead atoms. The van der Waals surface area contributed by atoms with E-state index in [-0.39, 0.29) is 0 Å². The van der Waals surface area contributed by atoms with Crippen LogP contribution in [0.2, 0.25) is 0 Å². The predicted molar refractivity (Wildman–Crippen MR) is 78.7 cm³/mol. The molecule has 1 saturated carbocycles. The molecule has 14 heavy (non-hydrogen) atoms. The van der Waals surface area contributed by atoms with Crippen LogP contribution in [0.3, 0.4) is 0 Å². The summed E-state index contributed by atoms with van der Waals surface area (Å²) >= 11 is 18.0. The molecule has 0 heterocycles. The molecule has 4 heteroatoms. The van der Waals surface area contributed by atoms with Crippen molar-refractivity contribution in [1.29, 1.82) is 0 Å². The molecule has 0 saturated heterocycles. The zero-order valence-electron chi connectivity index (χ0n) is 8.34. The summed E-state index contributed by atoms with van der Waals surface area (Å²) in [6, 6.07) is 0. The van der Waals surface area contributed by atoms with Crippen LogP contribution in [0.15, 0.2) is 0 Å². The fourth-order valence-electron chi connectivity index (χ4n) is 2.27. The van der Waals surface area contributed by atoms with Gasteiger partial charge in [-0.3, -0.25) is 0 Å². The van der Waals surface area contributed by atoms with E-state index < -0.39 is 0 Å². The highest BCUT2D eigenvalue weighted by Gasteiger charge is 2.32. The van der Waals surface area contributed by atoms with Crippen LogP contribution in [0.5, 0.6) is 0 Å². The summed E-state index contributed by atoms with van der Waals surface area (Å²) in [5.74, 6) is 3.38. The van der Waals surface area contributed by atoms with Gasteiger partial charge < -0.3 is 0 Å². The van der Waals surface area contributed by atoms with Crippen LogP contribution in [0, 0.1) is 11.8 Å². The minimum Gasteiger partial charge on any atom is -0.179 e. The third-order valence-corrected chi connectivity index (χ3v) is 4.96. The summed E-state index contributed by atoms with van der Waals surface area (Å²) in [7, 11) is 0. The van der Waals surface area contributed by atoms with Gasteiger partial charge in [0.25, 0.3) is 0 Å². The Balaban J connectivity index is 2.44. The van der Waals surface area contributed by atoms with Gasteiger partial charge in [-0.25, -0.2) is 0 Å².